The molecule has 1 unspecified atom stereocenters. The van der Waals surface area contributed by atoms with Crippen molar-refractivity contribution in [3.63, 3.8) is 0 Å². The highest BCUT2D eigenvalue weighted by Crippen LogP contribution is 2.26. The fourth-order valence-electron chi connectivity index (χ4n) is 3.54. The SMILES string of the molecule is Cc1ncc(C(COCc2ccc(C(=O)O)c(-c3ccc(F)cc3)n2)c2ccc(F)cc2)[nH]1. The molecule has 0 aliphatic carbocycles. The van der Waals surface area contributed by atoms with E-state index in [-0.39, 0.29) is 36.2 Å². The Balaban J connectivity index is 1.54. The van der Waals surface area contributed by atoms with Crippen molar-refractivity contribution in [1.29, 1.82) is 0 Å². The van der Waals surface area contributed by atoms with Gasteiger partial charge in [-0.15, -0.1) is 0 Å². The van der Waals surface area contributed by atoms with Gasteiger partial charge in [-0.2, -0.15) is 0 Å². The highest BCUT2D eigenvalue weighted by atomic mass is 19.1. The molecule has 2 heterocycles. The maximum Gasteiger partial charge on any atom is 0.337 e. The number of nitrogens with zero attached hydrogens (tertiary/aromatic N) is 2. The zero-order chi connectivity index (χ0) is 23.4. The quantitative estimate of drug-likeness (QED) is 0.391. The number of aromatic nitrogens is 3. The standard InChI is InChI=1S/C25H21F2N3O3/c1-15-28-12-23(29-15)22(16-2-6-18(26)7-3-16)14-33-13-20-10-11-21(25(31)32)24(30-20)17-4-8-19(27)9-5-17/h2-12,22H,13-14H2,1H3,(H,28,29)(H,31,32). The van der Waals surface area contributed by atoms with Gasteiger partial charge in [0.25, 0.3) is 0 Å². The van der Waals surface area contributed by atoms with Crippen molar-refractivity contribution in [2.24, 2.45) is 0 Å². The highest BCUT2D eigenvalue weighted by molar-refractivity contribution is 5.94. The fourth-order valence-corrected chi connectivity index (χ4v) is 3.54. The molecule has 4 aromatic rings. The number of H-pyrrole nitrogens is 1. The van der Waals surface area contributed by atoms with Crippen molar-refractivity contribution in [1.82, 2.24) is 15.0 Å². The van der Waals surface area contributed by atoms with E-state index in [1.807, 2.05) is 6.92 Å². The van der Waals surface area contributed by atoms with Crippen molar-refractivity contribution < 1.29 is 23.4 Å². The summed E-state index contributed by atoms with van der Waals surface area (Å²) in [6.45, 7) is 2.23. The Hall–Kier alpha value is -3.91. The Kier molecular flexibility index (Phi) is 6.55. The zero-order valence-corrected chi connectivity index (χ0v) is 17.8. The first kappa shape index (κ1) is 22.3. The molecule has 4 rings (SSSR count). The summed E-state index contributed by atoms with van der Waals surface area (Å²) in [6, 6.07) is 14.7. The number of carboxylic acid groups (broad SMARTS) is 1. The number of carbonyl (C=O) groups is 1. The number of rotatable bonds is 8. The molecule has 0 aliphatic rings. The zero-order valence-electron chi connectivity index (χ0n) is 17.8. The minimum atomic E-state index is -1.12. The van der Waals surface area contributed by atoms with E-state index >= 15 is 0 Å². The van der Waals surface area contributed by atoms with E-state index in [9.17, 15) is 18.7 Å². The third-order valence-corrected chi connectivity index (χ3v) is 5.21. The van der Waals surface area contributed by atoms with Gasteiger partial charge in [-0.05, 0) is 61.0 Å². The number of aromatic amines is 1. The lowest BCUT2D eigenvalue weighted by molar-refractivity contribution is 0.0697. The number of aryl methyl sites for hydroxylation is 1. The van der Waals surface area contributed by atoms with E-state index in [2.05, 4.69) is 15.0 Å². The monoisotopic (exact) mass is 449 g/mol. The van der Waals surface area contributed by atoms with Crippen LogP contribution in [0.3, 0.4) is 0 Å². The molecule has 0 saturated heterocycles. The molecule has 168 valence electrons. The van der Waals surface area contributed by atoms with Gasteiger partial charge in [-0.3, -0.25) is 0 Å². The number of halogens is 2. The smallest absolute Gasteiger partial charge is 0.337 e. The van der Waals surface area contributed by atoms with Crippen LogP contribution in [0.2, 0.25) is 0 Å². The number of imidazole rings is 1. The van der Waals surface area contributed by atoms with Crippen LogP contribution in [-0.4, -0.2) is 32.6 Å². The second-order valence-electron chi connectivity index (χ2n) is 7.55. The largest absolute Gasteiger partial charge is 0.478 e. The lowest BCUT2D eigenvalue weighted by atomic mass is 9.97. The van der Waals surface area contributed by atoms with Crippen LogP contribution < -0.4 is 0 Å². The van der Waals surface area contributed by atoms with E-state index in [0.717, 1.165) is 17.1 Å². The van der Waals surface area contributed by atoms with Crippen LogP contribution in [-0.2, 0) is 11.3 Å². The number of carboxylic acids is 1. The first-order valence-corrected chi connectivity index (χ1v) is 10.2. The molecule has 0 bridgehead atoms. The van der Waals surface area contributed by atoms with Gasteiger partial charge in [-0.25, -0.2) is 23.5 Å². The molecule has 0 fully saturated rings. The summed E-state index contributed by atoms with van der Waals surface area (Å²) in [6.07, 6.45) is 1.72. The molecule has 33 heavy (non-hydrogen) atoms. The molecule has 0 saturated carbocycles. The molecule has 0 radical (unpaired) electrons. The maximum atomic E-state index is 13.4. The van der Waals surface area contributed by atoms with Gasteiger partial charge in [0.05, 0.1) is 30.2 Å². The number of aromatic carboxylic acids is 1. The molecular weight excluding hydrogens is 428 g/mol. The molecule has 0 spiro atoms. The lowest BCUT2D eigenvalue weighted by Gasteiger charge is -2.17. The molecular formula is C25H21F2N3O3. The van der Waals surface area contributed by atoms with E-state index < -0.39 is 11.8 Å². The molecule has 2 aromatic carbocycles. The van der Waals surface area contributed by atoms with Crippen LogP contribution in [0, 0.1) is 18.6 Å². The lowest BCUT2D eigenvalue weighted by Crippen LogP contribution is -2.11. The summed E-state index contributed by atoms with van der Waals surface area (Å²) in [5, 5.41) is 9.51. The van der Waals surface area contributed by atoms with Crippen molar-refractivity contribution in [2.45, 2.75) is 19.4 Å². The second kappa shape index (κ2) is 9.70. The van der Waals surface area contributed by atoms with Crippen LogP contribution >= 0.6 is 0 Å². The van der Waals surface area contributed by atoms with E-state index in [1.54, 1.807) is 24.4 Å². The first-order chi connectivity index (χ1) is 15.9. The van der Waals surface area contributed by atoms with Crippen molar-refractivity contribution in [3.05, 3.63) is 107 Å². The molecule has 2 N–H and O–H groups in total. The van der Waals surface area contributed by atoms with E-state index in [0.29, 0.717) is 11.3 Å². The molecule has 0 aliphatic heterocycles. The van der Waals surface area contributed by atoms with Gasteiger partial charge in [0.2, 0.25) is 0 Å². The Bertz CT molecular complexity index is 1250. The predicted molar refractivity (Wildman–Crippen MR) is 118 cm³/mol. The summed E-state index contributed by atoms with van der Waals surface area (Å²) < 4.78 is 32.6. The summed E-state index contributed by atoms with van der Waals surface area (Å²) in [7, 11) is 0. The summed E-state index contributed by atoms with van der Waals surface area (Å²) in [4.78, 5) is 23.5. The normalized spacial score (nSPS) is 12.0. The van der Waals surface area contributed by atoms with Crippen LogP contribution in [0.5, 0.6) is 0 Å². The molecule has 2 aromatic heterocycles. The van der Waals surface area contributed by atoms with Gasteiger partial charge in [-0.1, -0.05) is 12.1 Å². The molecule has 1 atom stereocenters. The van der Waals surface area contributed by atoms with Crippen molar-refractivity contribution in [3.8, 4) is 11.3 Å². The van der Waals surface area contributed by atoms with Crippen LogP contribution in [0.1, 0.15) is 39.1 Å². The summed E-state index contributed by atoms with van der Waals surface area (Å²) in [5.41, 5.74) is 2.97. The van der Waals surface area contributed by atoms with Gasteiger partial charge < -0.3 is 14.8 Å². The second-order valence-corrected chi connectivity index (χ2v) is 7.55. The number of hydrogen-bond acceptors (Lipinski definition) is 4. The Morgan fingerprint density at radius 3 is 2.30 bits per heavy atom. The van der Waals surface area contributed by atoms with Crippen LogP contribution in [0.25, 0.3) is 11.3 Å². The fraction of sp³-hybridized carbons (Fsp3) is 0.160. The molecule has 8 heteroatoms. The van der Waals surface area contributed by atoms with Crippen LogP contribution in [0.15, 0.2) is 66.9 Å². The number of hydrogen-bond donors (Lipinski definition) is 2. The van der Waals surface area contributed by atoms with E-state index in [1.165, 1.54) is 42.5 Å². The Morgan fingerprint density at radius 2 is 1.70 bits per heavy atom. The average Bonchev–Trinajstić information content (AvgIpc) is 3.23. The summed E-state index contributed by atoms with van der Waals surface area (Å²) >= 11 is 0. The third-order valence-electron chi connectivity index (χ3n) is 5.21. The minimum Gasteiger partial charge on any atom is -0.478 e. The van der Waals surface area contributed by atoms with Gasteiger partial charge in [0.1, 0.15) is 17.5 Å². The Labute approximate surface area is 188 Å². The third kappa shape index (κ3) is 5.30. The van der Waals surface area contributed by atoms with Crippen molar-refractivity contribution in [2.75, 3.05) is 6.61 Å². The molecule has 6 nitrogen and oxygen atoms in total. The highest BCUT2D eigenvalue weighted by Gasteiger charge is 2.18. The number of benzene rings is 2. The Morgan fingerprint density at radius 1 is 1.03 bits per heavy atom. The van der Waals surface area contributed by atoms with Gasteiger partial charge in [0, 0.05) is 23.4 Å². The van der Waals surface area contributed by atoms with E-state index in [4.69, 9.17) is 4.74 Å². The number of pyridine rings is 1. The maximum absolute atomic E-state index is 13.4. The topological polar surface area (TPSA) is 88.1 Å². The number of nitrogens with one attached hydrogen (secondary N) is 1. The van der Waals surface area contributed by atoms with Crippen LogP contribution in [0.4, 0.5) is 8.78 Å². The predicted octanol–water partition coefficient (Wildman–Crippen LogP) is 5.11. The minimum absolute atomic E-state index is 0.0162. The first-order valence-electron chi connectivity index (χ1n) is 10.2. The van der Waals surface area contributed by atoms with Gasteiger partial charge in [0.15, 0.2) is 0 Å². The number of ether oxygens (including phenoxy) is 1. The van der Waals surface area contributed by atoms with Gasteiger partial charge >= 0.3 is 5.97 Å². The molecule has 0 amide bonds. The summed E-state index contributed by atoms with van der Waals surface area (Å²) in [5.74, 6) is -1.32. The van der Waals surface area contributed by atoms with Crippen molar-refractivity contribution >= 4 is 5.97 Å². The average molecular weight is 449 g/mol.